The lowest BCUT2D eigenvalue weighted by Crippen LogP contribution is -2.36. The highest BCUT2D eigenvalue weighted by molar-refractivity contribution is 8.18. The van der Waals surface area contributed by atoms with Gasteiger partial charge in [-0.25, -0.2) is 0 Å². The van der Waals surface area contributed by atoms with Crippen LogP contribution in [0.15, 0.2) is 34.2 Å². The number of thioether (sulfide) groups is 1. The van der Waals surface area contributed by atoms with E-state index in [4.69, 9.17) is 4.74 Å². The molecule has 0 saturated carbocycles. The summed E-state index contributed by atoms with van der Waals surface area (Å²) in [5.41, 5.74) is 2.22. The first-order valence-corrected chi connectivity index (χ1v) is 8.08. The van der Waals surface area contributed by atoms with Crippen LogP contribution in [0.1, 0.15) is 5.56 Å². The zero-order chi connectivity index (χ0) is 15.5. The fourth-order valence-electron chi connectivity index (χ4n) is 2.50. The summed E-state index contributed by atoms with van der Waals surface area (Å²) in [6.07, 6.45) is 1.92. The molecule has 0 N–H and O–H groups in total. The number of ether oxygens (including phenoxy) is 1. The molecule has 0 atom stereocenters. The molecule has 2 aliphatic heterocycles. The minimum Gasteiger partial charge on any atom is -0.378 e. The van der Waals surface area contributed by atoms with E-state index in [-0.39, 0.29) is 5.91 Å². The first-order valence-electron chi connectivity index (χ1n) is 7.26. The molecule has 0 unspecified atom stereocenters. The van der Waals surface area contributed by atoms with Gasteiger partial charge in [-0.2, -0.15) is 0 Å². The second kappa shape index (κ2) is 6.54. The number of amidine groups is 1. The van der Waals surface area contributed by atoms with Gasteiger partial charge in [0, 0.05) is 32.9 Å². The Labute approximate surface area is 134 Å². The van der Waals surface area contributed by atoms with Gasteiger partial charge in [-0.15, -0.1) is 0 Å². The van der Waals surface area contributed by atoms with Crippen LogP contribution in [0.25, 0.3) is 6.08 Å². The largest absolute Gasteiger partial charge is 0.378 e. The minimum absolute atomic E-state index is 0.00264. The average Bonchev–Trinajstić information content (AvgIpc) is 2.84. The number of hydrogen-bond acceptors (Lipinski definition) is 5. The van der Waals surface area contributed by atoms with Crippen LogP contribution in [0.4, 0.5) is 5.69 Å². The van der Waals surface area contributed by atoms with Gasteiger partial charge < -0.3 is 9.64 Å². The van der Waals surface area contributed by atoms with E-state index in [0.717, 1.165) is 37.0 Å². The fourth-order valence-corrected chi connectivity index (χ4v) is 3.43. The summed E-state index contributed by atoms with van der Waals surface area (Å²) in [5.74, 6) is 0.00264. The number of nitrogens with zero attached hydrogens (tertiary/aromatic N) is 3. The average molecular weight is 317 g/mol. The van der Waals surface area contributed by atoms with Gasteiger partial charge in [0.05, 0.1) is 18.1 Å². The molecule has 0 aromatic heterocycles. The molecule has 1 aromatic rings. The molecule has 22 heavy (non-hydrogen) atoms. The van der Waals surface area contributed by atoms with Crippen molar-refractivity contribution in [2.24, 2.45) is 4.99 Å². The Kier molecular flexibility index (Phi) is 4.49. The van der Waals surface area contributed by atoms with E-state index in [1.54, 1.807) is 19.0 Å². The van der Waals surface area contributed by atoms with Gasteiger partial charge in [-0.3, -0.25) is 14.7 Å². The Morgan fingerprint density at radius 3 is 2.50 bits per heavy atom. The van der Waals surface area contributed by atoms with Crippen LogP contribution in [0.5, 0.6) is 0 Å². The summed E-state index contributed by atoms with van der Waals surface area (Å²) in [4.78, 5) is 20.8. The summed E-state index contributed by atoms with van der Waals surface area (Å²) < 4.78 is 5.37. The smallest absolute Gasteiger partial charge is 0.266 e. The van der Waals surface area contributed by atoms with Gasteiger partial charge in [0.2, 0.25) is 0 Å². The number of aliphatic imine (C=N–C) groups is 1. The quantitative estimate of drug-likeness (QED) is 0.783. The molecule has 0 spiro atoms. The molecular formula is C16H19N3O2S. The van der Waals surface area contributed by atoms with Crippen molar-refractivity contribution in [3.05, 3.63) is 34.7 Å². The van der Waals surface area contributed by atoms with Crippen molar-refractivity contribution in [3.63, 3.8) is 0 Å². The molecule has 2 heterocycles. The molecule has 3 rings (SSSR count). The van der Waals surface area contributed by atoms with E-state index in [1.807, 2.05) is 18.2 Å². The van der Waals surface area contributed by atoms with E-state index in [0.29, 0.717) is 4.91 Å². The van der Waals surface area contributed by atoms with Crippen LogP contribution in [-0.2, 0) is 9.53 Å². The van der Waals surface area contributed by atoms with Crippen molar-refractivity contribution in [2.45, 2.75) is 0 Å². The van der Waals surface area contributed by atoms with E-state index in [1.165, 1.54) is 17.4 Å². The van der Waals surface area contributed by atoms with Gasteiger partial charge in [-0.1, -0.05) is 12.1 Å². The zero-order valence-electron chi connectivity index (χ0n) is 12.8. The number of carbonyl (C=O) groups excluding carboxylic acids is 1. The third-order valence-electron chi connectivity index (χ3n) is 3.76. The second-order valence-corrected chi connectivity index (χ2v) is 6.18. The highest BCUT2D eigenvalue weighted by Gasteiger charge is 2.29. The minimum atomic E-state index is 0.00264. The van der Waals surface area contributed by atoms with Crippen molar-refractivity contribution >= 4 is 34.6 Å². The number of amides is 1. The maximum Gasteiger partial charge on any atom is 0.266 e. The number of morpholine rings is 1. The lowest BCUT2D eigenvalue weighted by molar-refractivity contribution is -0.121. The van der Waals surface area contributed by atoms with Gasteiger partial charge in [0.15, 0.2) is 5.17 Å². The lowest BCUT2D eigenvalue weighted by Gasteiger charge is -2.28. The molecule has 1 amide bonds. The molecule has 2 saturated heterocycles. The number of hydrogen-bond donors (Lipinski definition) is 0. The zero-order valence-corrected chi connectivity index (χ0v) is 13.6. The Morgan fingerprint density at radius 1 is 1.23 bits per heavy atom. The molecule has 0 bridgehead atoms. The highest BCUT2D eigenvalue weighted by atomic mass is 32.2. The first kappa shape index (κ1) is 15.1. The Balaban J connectivity index is 1.76. The van der Waals surface area contributed by atoms with Crippen molar-refractivity contribution in [1.82, 2.24) is 4.90 Å². The standard InChI is InChI=1S/C16H19N3O2S/c1-17-16-18(2)15(20)14(22-16)11-12-3-5-13(6-4-12)19-7-9-21-10-8-19/h3-6,11H,7-10H2,1-2H3. The second-order valence-electron chi connectivity index (χ2n) is 5.17. The van der Waals surface area contributed by atoms with Crippen molar-refractivity contribution < 1.29 is 9.53 Å². The van der Waals surface area contributed by atoms with Crippen molar-refractivity contribution in [1.29, 1.82) is 0 Å². The summed E-state index contributed by atoms with van der Waals surface area (Å²) in [6, 6.07) is 8.29. The van der Waals surface area contributed by atoms with Gasteiger partial charge in [0.1, 0.15) is 0 Å². The SMILES string of the molecule is CN=C1SC(=Cc2ccc(N3CCOCC3)cc2)C(=O)N1C. The molecule has 5 nitrogen and oxygen atoms in total. The van der Waals surface area contributed by atoms with Crippen LogP contribution in [0, 0.1) is 0 Å². The number of benzene rings is 1. The highest BCUT2D eigenvalue weighted by Crippen LogP contribution is 2.31. The van der Waals surface area contributed by atoms with E-state index >= 15 is 0 Å². The number of likely N-dealkylation sites (N-methyl/N-ethyl adjacent to an activating group) is 1. The van der Waals surface area contributed by atoms with E-state index in [2.05, 4.69) is 22.0 Å². The van der Waals surface area contributed by atoms with E-state index in [9.17, 15) is 4.79 Å². The fraction of sp³-hybridized carbons (Fsp3) is 0.375. The summed E-state index contributed by atoms with van der Waals surface area (Å²) in [6.45, 7) is 3.41. The maximum atomic E-state index is 12.1. The maximum absolute atomic E-state index is 12.1. The van der Waals surface area contributed by atoms with Crippen LogP contribution in [0.2, 0.25) is 0 Å². The van der Waals surface area contributed by atoms with Crippen molar-refractivity contribution in [3.8, 4) is 0 Å². The number of anilines is 1. The number of carbonyl (C=O) groups is 1. The van der Waals surface area contributed by atoms with E-state index < -0.39 is 0 Å². The molecule has 0 aliphatic carbocycles. The van der Waals surface area contributed by atoms with Crippen LogP contribution >= 0.6 is 11.8 Å². The van der Waals surface area contributed by atoms with Gasteiger partial charge in [-0.05, 0) is 35.5 Å². The summed E-state index contributed by atoms with van der Waals surface area (Å²) in [5, 5.41) is 0.737. The third kappa shape index (κ3) is 3.03. The Bertz CT molecular complexity index is 619. The molecule has 2 fully saturated rings. The normalized spacial score (nSPS) is 22.9. The monoisotopic (exact) mass is 317 g/mol. The van der Waals surface area contributed by atoms with Gasteiger partial charge >= 0.3 is 0 Å². The van der Waals surface area contributed by atoms with Crippen LogP contribution < -0.4 is 4.90 Å². The molecule has 2 aliphatic rings. The van der Waals surface area contributed by atoms with Gasteiger partial charge in [0.25, 0.3) is 5.91 Å². The molecule has 1 aromatic carbocycles. The van der Waals surface area contributed by atoms with Crippen LogP contribution in [-0.4, -0.2) is 56.4 Å². The lowest BCUT2D eigenvalue weighted by atomic mass is 10.1. The Morgan fingerprint density at radius 2 is 1.91 bits per heavy atom. The predicted octanol–water partition coefficient (Wildman–Crippen LogP) is 2.06. The molecule has 116 valence electrons. The van der Waals surface area contributed by atoms with Crippen LogP contribution in [0.3, 0.4) is 0 Å². The Hall–Kier alpha value is -1.79. The topological polar surface area (TPSA) is 45.1 Å². The molecule has 0 radical (unpaired) electrons. The predicted molar refractivity (Wildman–Crippen MR) is 91.2 cm³/mol. The first-order chi connectivity index (χ1) is 10.7. The number of rotatable bonds is 2. The molecular weight excluding hydrogens is 298 g/mol. The summed E-state index contributed by atoms with van der Waals surface area (Å²) >= 11 is 1.41. The van der Waals surface area contributed by atoms with Crippen molar-refractivity contribution in [2.75, 3.05) is 45.3 Å². The molecule has 6 heteroatoms. The summed E-state index contributed by atoms with van der Waals surface area (Å²) in [7, 11) is 3.45. The third-order valence-corrected chi connectivity index (χ3v) is 4.91.